The number of hydrogen-bond donors (Lipinski definition) is 2. The Morgan fingerprint density at radius 3 is 2.75 bits per heavy atom. The molecule has 66 valence electrons. The molecule has 0 saturated carbocycles. The summed E-state index contributed by atoms with van der Waals surface area (Å²) in [4.78, 5) is 0. The van der Waals surface area contributed by atoms with Crippen LogP contribution in [0.4, 0.5) is 0 Å². The van der Waals surface area contributed by atoms with Gasteiger partial charge in [-0.05, 0) is 18.1 Å². The number of aliphatic hydroxyl groups excluding tert-OH is 1. The molecule has 0 radical (unpaired) electrons. The van der Waals surface area contributed by atoms with Crippen molar-refractivity contribution in [3.05, 3.63) is 35.4 Å². The van der Waals surface area contributed by atoms with Gasteiger partial charge in [0.2, 0.25) is 0 Å². The predicted octanol–water partition coefficient (Wildman–Crippen LogP) is 1.08. The van der Waals surface area contributed by atoms with Crippen molar-refractivity contribution in [2.75, 3.05) is 13.2 Å². The molecule has 0 saturated heterocycles. The molecule has 0 aliphatic heterocycles. The van der Waals surface area contributed by atoms with Gasteiger partial charge in [-0.25, -0.2) is 0 Å². The van der Waals surface area contributed by atoms with E-state index in [1.165, 1.54) is 11.1 Å². The molecule has 1 aromatic carbocycles. The lowest BCUT2D eigenvalue weighted by atomic mass is 10.1. The van der Waals surface area contributed by atoms with E-state index in [0.29, 0.717) is 6.54 Å². The summed E-state index contributed by atoms with van der Waals surface area (Å²) in [5.41, 5.74) is 2.59. The molecule has 1 aromatic rings. The monoisotopic (exact) mass is 165 g/mol. The quantitative estimate of drug-likeness (QED) is 0.654. The minimum atomic E-state index is 0.200. The molecule has 0 aliphatic carbocycles. The Hall–Kier alpha value is -0.860. The number of nitrogens with one attached hydrogen (secondary N) is 1. The van der Waals surface area contributed by atoms with Crippen molar-refractivity contribution in [2.24, 2.45) is 0 Å². The molecule has 1 rings (SSSR count). The molecular weight excluding hydrogens is 150 g/mol. The zero-order chi connectivity index (χ0) is 8.81. The van der Waals surface area contributed by atoms with Crippen molar-refractivity contribution in [3.63, 3.8) is 0 Å². The lowest BCUT2D eigenvalue weighted by molar-refractivity contribution is 0.292. The smallest absolute Gasteiger partial charge is 0.0556 e. The zero-order valence-electron chi connectivity index (χ0n) is 7.38. The molecule has 0 aromatic heterocycles. The maximum absolute atomic E-state index is 8.55. The molecule has 0 heterocycles. The van der Waals surface area contributed by atoms with Crippen molar-refractivity contribution >= 4 is 0 Å². The second-order valence-electron chi connectivity index (χ2n) is 2.83. The first kappa shape index (κ1) is 9.23. The molecule has 0 bridgehead atoms. The van der Waals surface area contributed by atoms with Gasteiger partial charge in [-0.15, -0.1) is 0 Å². The largest absolute Gasteiger partial charge is 0.395 e. The Morgan fingerprint density at radius 1 is 1.33 bits per heavy atom. The summed E-state index contributed by atoms with van der Waals surface area (Å²) in [5.74, 6) is 0. The third-order valence-electron chi connectivity index (χ3n) is 1.87. The van der Waals surface area contributed by atoms with Gasteiger partial charge in [0.15, 0.2) is 0 Å². The fourth-order valence-corrected chi connectivity index (χ4v) is 1.11. The molecular formula is C10H15NO. The first-order valence-electron chi connectivity index (χ1n) is 4.20. The highest BCUT2D eigenvalue weighted by Crippen LogP contribution is 2.05. The van der Waals surface area contributed by atoms with E-state index in [2.05, 4.69) is 24.4 Å². The van der Waals surface area contributed by atoms with Crippen LogP contribution in [0.15, 0.2) is 24.3 Å². The number of benzene rings is 1. The second kappa shape index (κ2) is 4.91. The first-order chi connectivity index (χ1) is 5.84. The molecule has 12 heavy (non-hydrogen) atoms. The molecule has 0 unspecified atom stereocenters. The highest BCUT2D eigenvalue weighted by atomic mass is 16.3. The van der Waals surface area contributed by atoms with Crippen molar-refractivity contribution in [3.8, 4) is 0 Å². The van der Waals surface area contributed by atoms with Crippen molar-refractivity contribution < 1.29 is 5.11 Å². The molecule has 0 atom stereocenters. The van der Waals surface area contributed by atoms with Gasteiger partial charge in [-0.1, -0.05) is 24.3 Å². The molecule has 0 fully saturated rings. The lowest BCUT2D eigenvalue weighted by Crippen LogP contribution is -2.17. The van der Waals surface area contributed by atoms with E-state index in [4.69, 9.17) is 5.11 Å². The lowest BCUT2D eigenvalue weighted by Gasteiger charge is -2.05. The highest BCUT2D eigenvalue weighted by Gasteiger charge is 1.94. The summed E-state index contributed by atoms with van der Waals surface area (Å²) in [7, 11) is 0. The number of aryl methyl sites for hydroxylation is 1. The van der Waals surface area contributed by atoms with Gasteiger partial charge in [-0.2, -0.15) is 0 Å². The normalized spacial score (nSPS) is 10.2. The summed E-state index contributed by atoms with van der Waals surface area (Å²) in [5, 5.41) is 11.7. The van der Waals surface area contributed by atoms with E-state index in [9.17, 15) is 0 Å². The highest BCUT2D eigenvalue weighted by molar-refractivity contribution is 5.25. The maximum Gasteiger partial charge on any atom is 0.0556 e. The van der Waals surface area contributed by atoms with Crippen LogP contribution < -0.4 is 5.32 Å². The Kier molecular flexibility index (Phi) is 3.77. The summed E-state index contributed by atoms with van der Waals surface area (Å²) in [6, 6.07) is 8.25. The van der Waals surface area contributed by atoms with E-state index in [0.717, 1.165) is 6.54 Å². The Bertz CT molecular complexity index is 235. The SMILES string of the molecule is Cc1ccccc1CNCCO. The van der Waals surface area contributed by atoms with Crippen molar-refractivity contribution in [1.29, 1.82) is 0 Å². The van der Waals surface area contributed by atoms with Crippen molar-refractivity contribution in [2.45, 2.75) is 13.5 Å². The molecule has 0 amide bonds. The summed E-state index contributed by atoms with van der Waals surface area (Å²) >= 11 is 0. The Morgan fingerprint density at radius 2 is 2.08 bits per heavy atom. The van der Waals surface area contributed by atoms with E-state index in [-0.39, 0.29) is 6.61 Å². The van der Waals surface area contributed by atoms with Crippen LogP contribution in [0, 0.1) is 6.92 Å². The Balaban J connectivity index is 2.46. The number of hydrogen-bond acceptors (Lipinski definition) is 2. The van der Waals surface area contributed by atoms with Crippen LogP contribution in [0.1, 0.15) is 11.1 Å². The van der Waals surface area contributed by atoms with Gasteiger partial charge in [-0.3, -0.25) is 0 Å². The van der Waals surface area contributed by atoms with Crippen LogP contribution in [0.3, 0.4) is 0 Å². The standard InChI is InChI=1S/C10H15NO/c1-9-4-2-3-5-10(9)8-11-6-7-12/h2-5,11-12H,6-8H2,1H3. The maximum atomic E-state index is 8.55. The van der Waals surface area contributed by atoms with Crippen molar-refractivity contribution in [1.82, 2.24) is 5.32 Å². The van der Waals surface area contributed by atoms with E-state index >= 15 is 0 Å². The average Bonchev–Trinajstić information content (AvgIpc) is 2.09. The zero-order valence-corrected chi connectivity index (χ0v) is 7.38. The molecule has 0 spiro atoms. The Labute approximate surface area is 73.2 Å². The minimum Gasteiger partial charge on any atom is -0.395 e. The summed E-state index contributed by atoms with van der Waals surface area (Å²) < 4.78 is 0. The molecule has 2 nitrogen and oxygen atoms in total. The summed E-state index contributed by atoms with van der Waals surface area (Å²) in [6.45, 7) is 3.80. The van der Waals surface area contributed by atoms with Crippen LogP contribution in [-0.4, -0.2) is 18.3 Å². The number of aliphatic hydroxyl groups is 1. The predicted molar refractivity (Wildman–Crippen MR) is 50.0 cm³/mol. The van der Waals surface area contributed by atoms with Gasteiger partial charge >= 0.3 is 0 Å². The van der Waals surface area contributed by atoms with Gasteiger partial charge in [0.25, 0.3) is 0 Å². The molecule has 2 N–H and O–H groups in total. The van der Waals surface area contributed by atoms with Crippen LogP contribution in [0.5, 0.6) is 0 Å². The average molecular weight is 165 g/mol. The van der Waals surface area contributed by atoms with E-state index < -0.39 is 0 Å². The molecule has 2 heteroatoms. The first-order valence-corrected chi connectivity index (χ1v) is 4.20. The van der Waals surface area contributed by atoms with E-state index in [1.54, 1.807) is 0 Å². The van der Waals surface area contributed by atoms with Crippen LogP contribution in [0.2, 0.25) is 0 Å². The second-order valence-corrected chi connectivity index (χ2v) is 2.83. The molecule has 0 aliphatic rings. The fourth-order valence-electron chi connectivity index (χ4n) is 1.11. The van der Waals surface area contributed by atoms with Crippen LogP contribution in [-0.2, 0) is 6.54 Å². The van der Waals surface area contributed by atoms with Gasteiger partial charge < -0.3 is 10.4 Å². The van der Waals surface area contributed by atoms with E-state index in [1.807, 2.05) is 12.1 Å². The minimum absolute atomic E-state index is 0.200. The van der Waals surface area contributed by atoms with Gasteiger partial charge in [0.05, 0.1) is 6.61 Å². The summed E-state index contributed by atoms with van der Waals surface area (Å²) in [6.07, 6.45) is 0. The van der Waals surface area contributed by atoms with Gasteiger partial charge in [0, 0.05) is 13.1 Å². The van der Waals surface area contributed by atoms with Crippen LogP contribution in [0.25, 0.3) is 0 Å². The third-order valence-corrected chi connectivity index (χ3v) is 1.87. The van der Waals surface area contributed by atoms with Crippen LogP contribution >= 0.6 is 0 Å². The number of rotatable bonds is 4. The third kappa shape index (κ3) is 2.64. The van der Waals surface area contributed by atoms with Gasteiger partial charge in [0.1, 0.15) is 0 Å². The fraction of sp³-hybridized carbons (Fsp3) is 0.400. The topological polar surface area (TPSA) is 32.3 Å².